The summed E-state index contributed by atoms with van der Waals surface area (Å²) in [4.78, 5) is 28.2. The topological polar surface area (TPSA) is 82.6 Å². The normalized spacial score (nSPS) is 11.4. The number of amides is 1. The summed E-state index contributed by atoms with van der Waals surface area (Å²) in [7, 11) is 0. The third-order valence-corrected chi connectivity index (χ3v) is 5.56. The molecule has 3 rings (SSSR count). The van der Waals surface area contributed by atoms with Gasteiger partial charge in [0.25, 0.3) is 0 Å². The largest absolute Gasteiger partial charge is 0.494 e. The Kier molecular flexibility index (Phi) is 6.85. The molecule has 0 radical (unpaired) electrons. The quantitative estimate of drug-likeness (QED) is 0.555. The Bertz CT molecular complexity index is 1090. The lowest BCUT2D eigenvalue weighted by Crippen LogP contribution is -2.36. The Morgan fingerprint density at radius 3 is 2.39 bits per heavy atom. The van der Waals surface area contributed by atoms with Crippen LogP contribution in [0.4, 0.5) is 4.79 Å². The third-order valence-electron chi connectivity index (χ3n) is 4.69. The van der Waals surface area contributed by atoms with Crippen molar-refractivity contribution in [2.75, 3.05) is 6.54 Å². The summed E-state index contributed by atoms with van der Waals surface area (Å²) in [6, 6.07) is 16.1. The monoisotopic (exact) mass is 440 g/mol. The smallest absolute Gasteiger partial charge is 0.410 e. The number of H-pyrrole nitrogens is 1. The molecule has 7 heteroatoms. The minimum Gasteiger partial charge on any atom is -0.494 e. The standard InChI is InChI=1S/C24H28N2O4S/c1-5-26(23(29)30-24(2,3)4)15-17-7-6-8-19(13-17)18-11-9-16(10-12-18)14-20-21(27)25-22(28)31-20/h6-13,27H,5,14-15H2,1-4H3,(H,25,28). The number of thiazole rings is 1. The number of nitrogens with one attached hydrogen (secondary N) is 1. The summed E-state index contributed by atoms with van der Waals surface area (Å²) in [6.45, 7) is 8.56. The number of benzene rings is 2. The Morgan fingerprint density at radius 1 is 1.10 bits per heavy atom. The van der Waals surface area contributed by atoms with Gasteiger partial charge in [0, 0.05) is 19.5 Å². The highest BCUT2D eigenvalue weighted by Gasteiger charge is 2.21. The zero-order valence-corrected chi connectivity index (χ0v) is 19.1. The van der Waals surface area contributed by atoms with E-state index in [1.165, 1.54) is 0 Å². The van der Waals surface area contributed by atoms with E-state index in [1.807, 2.05) is 70.2 Å². The summed E-state index contributed by atoms with van der Waals surface area (Å²) < 4.78 is 5.50. The number of ether oxygens (including phenoxy) is 1. The van der Waals surface area contributed by atoms with Crippen molar-refractivity contribution < 1.29 is 14.6 Å². The first-order valence-corrected chi connectivity index (χ1v) is 11.0. The third kappa shape index (κ3) is 6.21. The highest BCUT2D eigenvalue weighted by Crippen LogP contribution is 2.25. The Balaban J connectivity index is 1.72. The second-order valence-corrected chi connectivity index (χ2v) is 9.42. The van der Waals surface area contributed by atoms with E-state index in [-0.39, 0.29) is 16.8 Å². The second kappa shape index (κ2) is 9.39. The molecule has 0 unspecified atom stereocenters. The summed E-state index contributed by atoms with van der Waals surface area (Å²) in [5.74, 6) is -0.0581. The first kappa shape index (κ1) is 22.6. The molecule has 0 spiro atoms. The van der Waals surface area contributed by atoms with Crippen molar-refractivity contribution in [3.05, 3.63) is 74.2 Å². The van der Waals surface area contributed by atoms with Gasteiger partial charge in [-0.15, -0.1) is 0 Å². The van der Waals surface area contributed by atoms with Gasteiger partial charge in [0.2, 0.25) is 5.88 Å². The summed E-state index contributed by atoms with van der Waals surface area (Å²) >= 11 is 1.02. The van der Waals surface area contributed by atoms with Crippen LogP contribution in [0, 0.1) is 0 Å². The van der Waals surface area contributed by atoms with E-state index < -0.39 is 5.60 Å². The summed E-state index contributed by atoms with van der Waals surface area (Å²) in [5.41, 5.74) is 3.61. The maximum atomic E-state index is 12.4. The predicted octanol–water partition coefficient (Wildman–Crippen LogP) is 5.16. The van der Waals surface area contributed by atoms with E-state index in [2.05, 4.69) is 11.1 Å². The second-order valence-electron chi connectivity index (χ2n) is 8.35. The van der Waals surface area contributed by atoms with E-state index in [0.29, 0.717) is 24.4 Å². The number of aromatic hydroxyl groups is 1. The molecule has 0 fully saturated rings. The SMILES string of the molecule is CCN(Cc1cccc(-c2ccc(Cc3sc(=O)[nH]c3O)cc2)c1)C(=O)OC(C)(C)C. The maximum absolute atomic E-state index is 12.4. The molecule has 2 N–H and O–H groups in total. The molecule has 0 saturated heterocycles. The molecule has 164 valence electrons. The van der Waals surface area contributed by atoms with Gasteiger partial charge in [-0.3, -0.25) is 9.78 Å². The van der Waals surface area contributed by atoms with Crippen molar-refractivity contribution in [1.29, 1.82) is 0 Å². The van der Waals surface area contributed by atoms with E-state index in [0.717, 1.165) is 33.6 Å². The predicted molar refractivity (Wildman–Crippen MR) is 124 cm³/mol. The van der Waals surface area contributed by atoms with Crippen LogP contribution in [0.5, 0.6) is 5.88 Å². The first-order valence-electron chi connectivity index (χ1n) is 10.2. The van der Waals surface area contributed by atoms with Crippen LogP contribution in [0.25, 0.3) is 11.1 Å². The van der Waals surface area contributed by atoms with Crippen LogP contribution in [0.1, 0.15) is 43.7 Å². The number of carbonyl (C=O) groups excluding carboxylic acids is 1. The molecule has 1 heterocycles. The zero-order valence-electron chi connectivity index (χ0n) is 18.3. The van der Waals surface area contributed by atoms with Gasteiger partial charge in [0.1, 0.15) is 5.60 Å². The van der Waals surface area contributed by atoms with Gasteiger partial charge in [0.05, 0.1) is 4.88 Å². The molecule has 6 nitrogen and oxygen atoms in total. The molecular weight excluding hydrogens is 412 g/mol. The highest BCUT2D eigenvalue weighted by atomic mass is 32.1. The Morgan fingerprint density at radius 2 is 1.81 bits per heavy atom. The van der Waals surface area contributed by atoms with Crippen molar-refractivity contribution >= 4 is 17.4 Å². The van der Waals surface area contributed by atoms with Crippen LogP contribution in [0.2, 0.25) is 0 Å². The molecule has 0 aliphatic heterocycles. The fourth-order valence-electron chi connectivity index (χ4n) is 3.17. The molecule has 0 saturated carbocycles. The Hall–Kier alpha value is -3.06. The van der Waals surface area contributed by atoms with Gasteiger partial charge >= 0.3 is 11.0 Å². The van der Waals surface area contributed by atoms with Gasteiger partial charge in [-0.1, -0.05) is 53.8 Å². The molecular formula is C24H28N2O4S. The zero-order chi connectivity index (χ0) is 22.6. The lowest BCUT2D eigenvalue weighted by molar-refractivity contribution is 0.0244. The van der Waals surface area contributed by atoms with Crippen LogP contribution in [-0.2, 0) is 17.7 Å². The van der Waals surface area contributed by atoms with Crippen LogP contribution >= 0.6 is 11.3 Å². The van der Waals surface area contributed by atoms with Crippen molar-refractivity contribution in [1.82, 2.24) is 9.88 Å². The number of aromatic amines is 1. The molecule has 0 bridgehead atoms. The fourth-order valence-corrected chi connectivity index (χ4v) is 3.93. The van der Waals surface area contributed by atoms with Crippen LogP contribution in [-0.4, -0.2) is 33.2 Å². The fraction of sp³-hybridized carbons (Fsp3) is 0.333. The molecule has 0 aliphatic rings. The summed E-state index contributed by atoms with van der Waals surface area (Å²) in [5, 5.41) is 9.77. The first-order chi connectivity index (χ1) is 14.6. The van der Waals surface area contributed by atoms with Crippen molar-refractivity contribution in [2.45, 2.75) is 46.3 Å². The maximum Gasteiger partial charge on any atom is 0.410 e. The number of nitrogens with zero attached hydrogens (tertiary/aromatic N) is 1. The van der Waals surface area contributed by atoms with Crippen LogP contribution in [0.3, 0.4) is 0 Å². The average molecular weight is 441 g/mol. The van der Waals surface area contributed by atoms with Gasteiger partial charge in [-0.2, -0.15) is 0 Å². The number of hydrogen-bond donors (Lipinski definition) is 2. The average Bonchev–Trinajstić information content (AvgIpc) is 3.02. The lowest BCUT2D eigenvalue weighted by Gasteiger charge is -2.26. The minimum absolute atomic E-state index is 0.0581. The van der Waals surface area contributed by atoms with E-state index in [9.17, 15) is 14.7 Å². The lowest BCUT2D eigenvalue weighted by atomic mass is 10.0. The van der Waals surface area contributed by atoms with E-state index in [1.54, 1.807) is 4.90 Å². The minimum atomic E-state index is -0.526. The molecule has 1 amide bonds. The molecule has 31 heavy (non-hydrogen) atoms. The van der Waals surface area contributed by atoms with E-state index >= 15 is 0 Å². The number of hydrogen-bond acceptors (Lipinski definition) is 5. The highest BCUT2D eigenvalue weighted by molar-refractivity contribution is 7.09. The molecule has 1 aromatic heterocycles. The molecule has 0 atom stereocenters. The van der Waals surface area contributed by atoms with Crippen molar-refractivity contribution in [3.8, 4) is 17.0 Å². The van der Waals surface area contributed by atoms with Crippen molar-refractivity contribution in [2.24, 2.45) is 0 Å². The Labute approximate surface area is 186 Å². The van der Waals surface area contributed by atoms with Gasteiger partial charge in [-0.25, -0.2) is 4.79 Å². The van der Waals surface area contributed by atoms with Gasteiger partial charge < -0.3 is 14.7 Å². The molecule has 0 aliphatic carbocycles. The molecule has 2 aromatic carbocycles. The van der Waals surface area contributed by atoms with Gasteiger partial charge in [-0.05, 0) is 56.0 Å². The van der Waals surface area contributed by atoms with Crippen LogP contribution in [0.15, 0.2) is 53.3 Å². The van der Waals surface area contributed by atoms with E-state index in [4.69, 9.17) is 4.74 Å². The molecule has 3 aromatic rings. The summed E-state index contributed by atoms with van der Waals surface area (Å²) in [6.07, 6.45) is 0.178. The van der Waals surface area contributed by atoms with Crippen molar-refractivity contribution in [3.63, 3.8) is 0 Å². The number of carbonyl (C=O) groups is 1. The van der Waals surface area contributed by atoms with Crippen LogP contribution < -0.4 is 4.87 Å². The van der Waals surface area contributed by atoms with Gasteiger partial charge in [0.15, 0.2) is 0 Å². The number of aromatic nitrogens is 1. The number of rotatable bonds is 6.